The van der Waals surface area contributed by atoms with Gasteiger partial charge in [-0.2, -0.15) is 5.26 Å². The van der Waals surface area contributed by atoms with Gasteiger partial charge in [0, 0.05) is 5.92 Å². The van der Waals surface area contributed by atoms with Crippen LogP contribution in [0.3, 0.4) is 0 Å². The van der Waals surface area contributed by atoms with Crippen LogP contribution in [0, 0.1) is 11.3 Å². The molecular formula is C14H15N. The Hall–Kier alpha value is -1.55. The van der Waals surface area contributed by atoms with Gasteiger partial charge in [-0.15, -0.1) is 0 Å². The maximum absolute atomic E-state index is 8.72. The van der Waals surface area contributed by atoms with Crippen molar-refractivity contribution in [3.63, 3.8) is 0 Å². The van der Waals surface area contributed by atoms with Gasteiger partial charge in [-0.25, -0.2) is 0 Å². The average Bonchev–Trinajstić information content (AvgIpc) is 2.30. The Balaban J connectivity index is 2.21. The van der Waals surface area contributed by atoms with E-state index in [0.717, 1.165) is 12.0 Å². The Morgan fingerprint density at radius 3 is 2.53 bits per heavy atom. The second-order valence-corrected chi connectivity index (χ2v) is 4.19. The Kier molecular flexibility index (Phi) is 2.87. The van der Waals surface area contributed by atoms with Gasteiger partial charge < -0.3 is 0 Å². The Bertz CT molecular complexity index is 394. The molecule has 1 atom stereocenters. The molecule has 1 fully saturated rings. The summed E-state index contributed by atoms with van der Waals surface area (Å²) >= 11 is 0. The molecule has 1 unspecified atom stereocenters. The second-order valence-electron chi connectivity index (χ2n) is 4.19. The number of nitriles is 1. The fourth-order valence-electron chi connectivity index (χ4n) is 2.27. The molecule has 76 valence electrons. The molecule has 0 bridgehead atoms. The van der Waals surface area contributed by atoms with Gasteiger partial charge in [0.1, 0.15) is 0 Å². The predicted molar refractivity (Wildman–Crippen MR) is 61.5 cm³/mol. The van der Waals surface area contributed by atoms with Gasteiger partial charge in [-0.1, -0.05) is 30.7 Å². The fraction of sp³-hybridized carbons (Fsp3) is 0.357. The van der Waals surface area contributed by atoms with Gasteiger partial charge in [0.15, 0.2) is 0 Å². The van der Waals surface area contributed by atoms with Crippen molar-refractivity contribution < 1.29 is 0 Å². The van der Waals surface area contributed by atoms with E-state index in [2.05, 4.69) is 24.8 Å². The first-order valence-electron chi connectivity index (χ1n) is 5.49. The minimum atomic E-state index is 0.520. The third-order valence-electron chi connectivity index (χ3n) is 3.18. The van der Waals surface area contributed by atoms with Crippen LogP contribution < -0.4 is 0 Å². The molecule has 0 heterocycles. The van der Waals surface area contributed by atoms with Crippen molar-refractivity contribution in [2.24, 2.45) is 0 Å². The number of rotatable bonds is 1. The minimum Gasteiger partial charge on any atom is -0.192 e. The molecule has 0 saturated heterocycles. The molecule has 0 aliphatic heterocycles. The van der Waals surface area contributed by atoms with Crippen LogP contribution in [0.25, 0.3) is 0 Å². The molecule has 2 rings (SSSR count). The highest BCUT2D eigenvalue weighted by molar-refractivity contribution is 5.36. The van der Waals surface area contributed by atoms with Gasteiger partial charge in [-0.3, -0.25) is 0 Å². The Morgan fingerprint density at radius 1 is 1.20 bits per heavy atom. The van der Waals surface area contributed by atoms with Crippen LogP contribution in [0.4, 0.5) is 0 Å². The predicted octanol–water partition coefficient (Wildman–Crippen LogP) is 3.77. The number of hydrogen-bond donors (Lipinski definition) is 0. The van der Waals surface area contributed by atoms with Crippen LogP contribution in [0.15, 0.2) is 36.4 Å². The van der Waals surface area contributed by atoms with E-state index in [-0.39, 0.29) is 0 Å². The van der Waals surface area contributed by atoms with Gasteiger partial charge in [0.25, 0.3) is 0 Å². The Labute approximate surface area is 91.0 Å². The first-order chi connectivity index (χ1) is 7.31. The van der Waals surface area contributed by atoms with Crippen molar-refractivity contribution in [1.82, 2.24) is 0 Å². The Morgan fingerprint density at radius 2 is 1.93 bits per heavy atom. The standard InChI is InChI=1S/C14H15N/c1-11-4-2-3-5-14(11)13-8-6-12(10-15)7-9-13/h6-9,14H,1-5H2. The lowest BCUT2D eigenvalue weighted by Crippen LogP contribution is -2.07. The number of benzene rings is 1. The van der Waals surface area contributed by atoms with Crippen LogP contribution in [-0.2, 0) is 0 Å². The molecule has 0 aromatic heterocycles. The molecule has 0 N–H and O–H groups in total. The highest BCUT2D eigenvalue weighted by Crippen LogP contribution is 2.36. The smallest absolute Gasteiger partial charge is 0.0991 e. The summed E-state index contributed by atoms with van der Waals surface area (Å²) in [5, 5.41) is 8.72. The summed E-state index contributed by atoms with van der Waals surface area (Å²) in [7, 11) is 0. The lowest BCUT2D eigenvalue weighted by Gasteiger charge is -2.24. The zero-order valence-corrected chi connectivity index (χ0v) is 8.87. The quantitative estimate of drug-likeness (QED) is 0.629. The molecular weight excluding hydrogens is 182 g/mol. The average molecular weight is 197 g/mol. The normalized spacial score (nSPS) is 21.0. The first kappa shape index (κ1) is 9.98. The molecule has 0 spiro atoms. The topological polar surface area (TPSA) is 23.8 Å². The van der Waals surface area contributed by atoms with E-state index >= 15 is 0 Å². The SMILES string of the molecule is C=C1CCCCC1c1ccc(C#N)cc1. The van der Waals surface area contributed by atoms with E-state index in [1.807, 2.05) is 12.1 Å². The van der Waals surface area contributed by atoms with Crippen molar-refractivity contribution in [2.75, 3.05) is 0 Å². The van der Waals surface area contributed by atoms with E-state index in [0.29, 0.717) is 5.92 Å². The molecule has 1 aliphatic carbocycles. The van der Waals surface area contributed by atoms with Crippen molar-refractivity contribution >= 4 is 0 Å². The van der Waals surface area contributed by atoms with Crippen LogP contribution in [0.1, 0.15) is 42.7 Å². The van der Waals surface area contributed by atoms with E-state index in [9.17, 15) is 0 Å². The third-order valence-corrected chi connectivity index (χ3v) is 3.18. The number of allylic oxidation sites excluding steroid dienone is 1. The van der Waals surface area contributed by atoms with E-state index in [1.54, 1.807) is 0 Å². The number of nitrogens with zero attached hydrogens (tertiary/aromatic N) is 1. The molecule has 1 nitrogen and oxygen atoms in total. The van der Waals surface area contributed by atoms with Crippen molar-refractivity contribution in [2.45, 2.75) is 31.6 Å². The summed E-state index contributed by atoms with van der Waals surface area (Å²) < 4.78 is 0. The molecule has 1 heteroatoms. The second kappa shape index (κ2) is 4.31. The maximum atomic E-state index is 8.72. The molecule has 0 amide bonds. The van der Waals surface area contributed by atoms with Crippen LogP contribution in [0.2, 0.25) is 0 Å². The van der Waals surface area contributed by atoms with Crippen LogP contribution in [-0.4, -0.2) is 0 Å². The van der Waals surface area contributed by atoms with Crippen LogP contribution in [0.5, 0.6) is 0 Å². The fourth-order valence-corrected chi connectivity index (χ4v) is 2.27. The monoisotopic (exact) mass is 197 g/mol. The van der Waals surface area contributed by atoms with Crippen LogP contribution >= 0.6 is 0 Å². The minimum absolute atomic E-state index is 0.520. The van der Waals surface area contributed by atoms with Crippen molar-refractivity contribution in [3.05, 3.63) is 47.5 Å². The maximum Gasteiger partial charge on any atom is 0.0991 e. The zero-order chi connectivity index (χ0) is 10.7. The summed E-state index contributed by atoms with van der Waals surface area (Å²) in [6.07, 6.45) is 4.95. The summed E-state index contributed by atoms with van der Waals surface area (Å²) in [4.78, 5) is 0. The number of hydrogen-bond acceptors (Lipinski definition) is 1. The van der Waals surface area contributed by atoms with Gasteiger partial charge in [0.05, 0.1) is 11.6 Å². The van der Waals surface area contributed by atoms with Crippen molar-refractivity contribution in [1.29, 1.82) is 5.26 Å². The van der Waals surface area contributed by atoms with Gasteiger partial charge >= 0.3 is 0 Å². The highest BCUT2D eigenvalue weighted by Gasteiger charge is 2.18. The van der Waals surface area contributed by atoms with E-state index in [1.165, 1.54) is 30.4 Å². The van der Waals surface area contributed by atoms with Crippen molar-refractivity contribution in [3.8, 4) is 6.07 Å². The molecule has 1 aliphatic rings. The molecule has 1 saturated carbocycles. The molecule has 1 aromatic rings. The van der Waals surface area contributed by atoms with Gasteiger partial charge in [-0.05, 0) is 37.0 Å². The van der Waals surface area contributed by atoms with E-state index < -0.39 is 0 Å². The summed E-state index contributed by atoms with van der Waals surface area (Å²) in [5.41, 5.74) is 3.41. The highest BCUT2D eigenvalue weighted by atomic mass is 14.2. The lowest BCUT2D eigenvalue weighted by molar-refractivity contribution is 0.542. The summed E-state index contributed by atoms with van der Waals surface area (Å²) in [6, 6.07) is 10.1. The van der Waals surface area contributed by atoms with Gasteiger partial charge in [0.2, 0.25) is 0 Å². The third kappa shape index (κ3) is 2.10. The molecule has 0 radical (unpaired) electrons. The summed E-state index contributed by atoms with van der Waals surface area (Å²) in [6.45, 7) is 4.15. The molecule has 1 aromatic carbocycles. The largest absolute Gasteiger partial charge is 0.192 e. The molecule has 15 heavy (non-hydrogen) atoms. The zero-order valence-electron chi connectivity index (χ0n) is 8.87. The summed E-state index contributed by atoms with van der Waals surface area (Å²) in [5.74, 6) is 0.520. The van der Waals surface area contributed by atoms with E-state index in [4.69, 9.17) is 5.26 Å². The first-order valence-corrected chi connectivity index (χ1v) is 5.49. The lowest BCUT2D eigenvalue weighted by atomic mass is 9.80.